The second-order valence-electron chi connectivity index (χ2n) is 4.66. The van der Waals surface area contributed by atoms with E-state index < -0.39 is 0 Å². The summed E-state index contributed by atoms with van der Waals surface area (Å²) < 4.78 is 21.3. The monoisotopic (exact) mass is 320 g/mol. The summed E-state index contributed by atoms with van der Waals surface area (Å²) in [5, 5.41) is 0. The molecule has 0 radical (unpaired) electrons. The Hall–Kier alpha value is -1.61. The van der Waals surface area contributed by atoms with E-state index in [1.54, 1.807) is 14.2 Å². The van der Waals surface area contributed by atoms with Gasteiger partial charge in [0.25, 0.3) is 0 Å². The van der Waals surface area contributed by atoms with E-state index in [1.807, 2.05) is 48.5 Å². The fraction of sp³-hybridized carbons (Fsp3) is 0.294. The van der Waals surface area contributed by atoms with Crippen molar-refractivity contribution < 1.29 is 18.9 Å². The van der Waals surface area contributed by atoms with Crippen LogP contribution in [0.3, 0.4) is 0 Å². The van der Waals surface area contributed by atoms with Crippen molar-refractivity contribution in [1.82, 2.24) is 0 Å². The number of benzene rings is 2. The Kier molecular flexibility index (Phi) is 6.66. The van der Waals surface area contributed by atoms with Crippen LogP contribution in [-0.2, 0) is 9.47 Å². The molecular weight excluding hydrogens is 299 g/mol. The SMILES string of the molecule is COCOc1ccccc1C(P)c1ccccc1OCOC. The molecule has 0 fully saturated rings. The van der Waals surface area contributed by atoms with Crippen LogP contribution >= 0.6 is 9.24 Å². The van der Waals surface area contributed by atoms with Crippen LogP contribution in [0.2, 0.25) is 0 Å². The Labute approximate surface area is 133 Å². The zero-order valence-electron chi connectivity index (χ0n) is 12.8. The molecule has 2 aromatic carbocycles. The van der Waals surface area contributed by atoms with Crippen LogP contribution < -0.4 is 9.47 Å². The number of methoxy groups -OCH3 is 2. The lowest BCUT2D eigenvalue weighted by Crippen LogP contribution is -2.06. The van der Waals surface area contributed by atoms with Crippen LogP contribution in [0.4, 0.5) is 0 Å². The van der Waals surface area contributed by atoms with E-state index in [4.69, 9.17) is 18.9 Å². The summed E-state index contributed by atoms with van der Waals surface area (Å²) in [5.41, 5.74) is 2.15. The summed E-state index contributed by atoms with van der Waals surface area (Å²) >= 11 is 0. The van der Waals surface area contributed by atoms with Gasteiger partial charge in [-0.15, -0.1) is 9.24 Å². The van der Waals surface area contributed by atoms with Crippen molar-refractivity contribution in [2.24, 2.45) is 0 Å². The number of hydrogen-bond donors (Lipinski definition) is 0. The first-order valence-electron chi connectivity index (χ1n) is 6.94. The number of ether oxygens (including phenoxy) is 4. The molecule has 0 amide bonds. The Morgan fingerprint density at radius 1 is 0.773 bits per heavy atom. The highest BCUT2D eigenvalue weighted by atomic mass is 31.0. The first-order chi connectivity index (χ1) is 10.8. The average molecular weight is 320 g/mol. The van der Waals surface area contributed by atoms with E-state index in [0.717, 1.165) is 22.6 Å². The van der Waals surface area contributed by atoms with E-state index in [2.05, 4.69) is 9.24 Å². The number of rotatable bonds is 8. The Bertz CT molecular complexity index is 537. The molecule has 4 nitrogen and oxygen atoms in total. The molecule has 2 rings (SSSR count). The van der Waals surface area contributed by atoms with Gasteiger partial charge in [0, 0.05) is 31.0 Å². The molecule has 118 valence electrons. The summed E-state index contributed by atoms with van der Waals surface area (Å²) in [6.07, 6.45) is 0. The maximum Gasteiger partial charge on any atom is 0.188 e. The van der Waals surface area contributed by atoms with Gasteiger partial charge in [-0.1, -0.05) is 36.4 Å². The topological polar surface area (TPSA) is 36.9 Å². The average Bonchev–Trinajstić information content (AvgIpc) is 2.58. The predicted molar refractivity (Wildman–Crippen MR) is 89.4 cm³/mol. The molecule has 22 heavy (non-hydrogen) atoms. The smallest absolute Gasteiger partial charge is 0.188 e. The van der Waals surface area contributed by atoms with Gasteiger partial charge in [0.2, 0.25) is 0 Å². The normalized spacial score (nSPS) is 10.7. The van der Waals surface area contributed by atoms with Gasteiger partial charge in [0.05, 0.1) is 0 Å². The van der Waals surface area contributed by atoms with E-state index in [1.165, 1.54) is 0 Å². The van der Waals surface area contributed by atoms with Gasteiger partial charge in [-0.25, -0.2) is 0 Å². The van der Waals surface area contributed by atoms with Crippen LogP contribution in [0.25, 0.3) is 0 Å². The van der Waals surface area contributed by atoms with Gasteiger partial charge in [-0.2, -0.15) is 0 Å². The van der Waals surface area contributed by atoms with Crippen molar-refractivity contribution in [2.75, 3.05) is 27.8 Å². The quantitative estimate of drug-likeness (QED) is 0.550. The van der Waals surface area contributed by atoms with Crippen LogP contribution in [-0.4, -0.2) is 27.8 Å². The third-order valence-electron chi connectivity index (χ3n) is 3.17. The molecule has 0 aromatic heterocycles. The van der Waals surface area contributed by atoms with Crippen molar-refractivity contribution in [3.63, 3.8) is 0 Å². The van der Waals surface area contributed by atoms with E-state index in [-0.39, 0.29) is 19.2 Å². The molecule has 1 unspecified atom stereocenters. The molecule has 0 aliphatic rings. The van der Waals surface area contributed by atoms with Gasteiger partial charge in [-0.05, 0) is 12.1 Å². The fourth-order valence-corrected chi connectivity index (χ4v) is 2.70. The molecule has 5 heteroatoms. The van der Waals surface area contributed by atoms with Crippen molar-refractivity contribution in [3.05, 3.63) is 59.7 Å². The highest BCUT2D eigenvalue weighted by Crippen LogP contribution is 2.40. The van der Waals surface area contributed by atoms with Gasteiger partial charge in [0.15, 0.2) is 13.6 Å². The molecule has 0 aliphatic carbocycles. The maximum absolute atomic E-state index is 5.65. The molecular formula is C17H21O4P. The molecule has 2 aromatic rings. The highest BCUT2D eigenvalue weighted by molar-refractivity contribution is 7.17. The Morgan fingerprint density at radius 2 is 1.18 bits per heavy atom. The van der Waals surface area contributed by atoms with Crippen molar-refractivity contribution >= 4 is 9.24 Å². The summed E-state index contributed by atoms with van der Waals surface area (Å²) in [6.45, 7) is 0.437. The van der Waals surface area contributed by atoms with Crippen LogP contribution in [0.15, 0.2) is 48.5 Å². The second kappa shape index (κ2) is 8.74. The van der Waals surface area contributed by atoms with E-state index in [0.29, 0.717) is 0 Å². The molecule has 0 aliphatic heterocycles. The summed E-state index contributed by atoms with van der Waals surface area (Å²) in [4.78, 5) is 0. The van der Waals surface area contributed by atoms with Crippen LogP contribution in [0.5, 0.6) is 11.5 Å². The third kappa shape index (κ3) is 4.20. The lowest BCUT2D eigenvalue weighted by molar-refractivity contribution is 0.0497. The van der Waals surface area contributed by atoms with Crippen LogP contribution in [0, 0.1) is 0 Å². The molecule has 0 spiro atoms. The predicted octanol–water partition coefficient (Wildman–Crippen LogP) is 3.62. The van der Waals surface area contributed by atoms with Gasteiger partial charge in [-0.3, -0.25) is 0 Å². The Balaban J connectivity index is 2.30. The van der Waals surface area contributed by atoms with Crippen molar-refractivity contribution in [1.29, 1.82) is 0 Å². The third-order valence-corrected chi connectivity index (χ3v) is 3.89. The molecule has 0 saturated heterocycles. The minimum absolute atomic E-state index is 0.0427. The molecule has 0 bridgehead atoms. The lowest BCUT2D eigenvalue weighted by atomic mass is 10.0. The largest absolute Gasteiger partial charge is 0.467 e. The highest BCUT2D eigenvalue weighted by Gasteiger charge is 2.17. The minimum atomic E-state index is 0.0427. The van der Waals surface area contributed by atoms with Gasteiger partial charge >= 0.3 is 0 Å². The number of hydrogen-bond acceptors (Lipinski definition) is 4. The van der Waals surface area contributed by atoms with Gasteiger partial charge in [0.1, 0.15) is 11.5 Å². The summed E-state index contributed by atoms with van der Waals surface area (Å²) in [7, 11) is 6.06. The van der Waals surface area contributed by atoms with E-state index in [9.17, 15) is 0 Å². The first kappa shape index (κ1) is 16.8. The van der Waals surface area contributed by atoms with E-state index >= 15 is 0 Å². The molecule has 0 saturated carbocycles. The second-order valence-corrected chi connectivity index (χ2v) is 5.32. The van der Waals surface area contributed by atoms with Crippen molar-refractivity contribution in [3.8, 4) is 11.5 Å². The fourth-order valence-electron chi connectivity index (χ4n) is 2.15. The maximum atomic E-state index is 5.65. The zero-order valence-corrected chi connectivity index (χ0v) is 14.0. The lowest BCUT2D eigenvalue weighted by Gasteiger charge is -2.19. The number of para-hydroxylation sites is 2. The standard InChI is InChI=1S/C17H21O4P/c1-18-11-20-15-9-5-3-7-13(15)17(22)14-8-4-6-10-16(14)21-12-19-2/h3-10,17H,11-12,22H2,1-2H3. The molecule has 1 atom stereocenters. The summed E-state index contributed by atoms with van der Waals surface area (Å²) in [5.74, 6) is 1.59. The molecule has 0 N–H and O–H groups in total. The van der Waals surface area contributed by atoms with Crippen LogP contribution in [0.1, 0.15) is 16.8 Å². The Morgan fingerprint density at radius 3 is 1.59 bits per heavy atom. The minimum Gasteiger partial charge on any atom is -0.467 e. The zero-order chi connectivity index (χ0) is 15.8. The first-order valence-corrected chi connectivity index (χ1v) is 7.61. The van der Waals surface area contributed by atoms with Gasteiger partial charge < -0.3 is 18.9 Å². The summed E-state index contributed by atoms with van der Waals surface area (Å²) in [6, 6.07) is 15.8. The molecule has 0 heterocycles. The van der Waals surface area contributed by atoms with Crippen molar-refractivity contribution in [2.45, 2.75) is 5.66 Å².